The first kappa shape index (κ1) is 21.7. The zero-order valence-electron chi connectivity index (χ0n) is 15.5. The first-order valence-corrected chi connectivity index (χ1v) is 9.43. The summed E-state index contributed by atoms with van der Waals surface area (Å²) in [6.07, 6.45) is -0.345. The molecule has 0 bridgehead atoms. The number of methoxy groups -OCH3 is 1. The molecule has 1 amide bonds. The molecular formula is C20H21F2NO4S. The van der Waals surface area contributed by atoms with Gasteiger partial charge in [0.25, 0.3) is 11.7 Å². The molecule has 0 aliphatic rings. The van der Waals surface area contributed by atoms with Crippen molar-refractivity contribution < 1.29 is 27.8 Å². The summed E-state index contributed by atoms with van der Waals surface area (Å²) < 4.78 is 34.8. The predicted octanol–water partition coefficient (Wildman–Crippen LogP) is 4.51. The van der Waals surface area contributed by atoms with Crippen LogP contribution in [0.2, 0.25) is 0 Å². The van der Waals surface area contributed by atoms with Crippen LogP contribution >= 0.6 is 11.8 Å². The Hall–Kier alpha value is -2.61. The summed E-state index contributed by atoms with van der Waals surface area (Å²) in [5.74, 6) is -2.75. The second-order valence-corrected chi connectivity index (χ2v) is 6.94. The lowest BCUT2D eigenvalue weighted by Crippen LogP contribution is -2.30. The monoisotopic (exact) mass is 409 g/mol. The van der Waals surface area contributed by atoms with E-state index in [2.05, 4.69) is 5.32 Å². The van der Waals surface area contributed by atoms with E-state index >= 15 is 0 Å². The fourth-order valence-corrected chi connectivity index (χ4v) is 2.81. The summed E-state index contributed by atoms with van der Waals surface area (Å²) in [4.78, 5) is 24.5. The molecule has 1 N–H and O–H groups in total. The van der Waals surface area contributed by atoms with Gasteiger partial charge in [-0.2, -0.15) is 8.78 Å². The Morgan fingerprint density at radius 3 is 2.29 bits per heavy atom. The van der Waals surface area contributed by atoms with Crippen LogP contribution in [0.1, 0.15) is 18.9 Å². The van der Waals surface area contributed by atoms with Gasteiger partial charge in [-0.15, -0.1) is 0 Å². The molecule has 8 heteroatoms. The summed E-state index contributed by atoms with van der Waals surface area (Å²) in [5, 5.41) is 2.59. The van der Waals surface area contributed by atoms with Gasteiger partial charge in [-0.1, -0.05) is 23.9 Å². The van der Waals surface area contributed by atoms with E-state index < -0.39 is 23.7 Å². The number of esters is 1. The Bertz CT molecular complexity index is 782. The van der Waals surface area contributed by atoms with Gasteiger partial charge in [0.05, 0.1) is 7.11 Å². The fraction of sp³-hybridized carbons (Fsp3) is 0.300. The van der Waals surface area contributed by atoms with E-state index in [1.807, 2.05) is 24.3 Å². The second-order valence-electron chi connectivity index (χ2n) is 5.87. The highest BCUT2D eigenvalue weighted by Gasteiger charge is 2.18. The third kappa shape index (κ3) is 7.19. The zero-order chi connectivity index (χ0) is 20.5. The fourth-order valence-electron chi connectivity index (χ4n) is 2.31. The molecule has 0 spiro atoms. The molecule has 2 aromatic carbocycles. The lowest BCUT2D eigenvalue weighted by molar-refractivity contribution is -0.153. The van der Waals surface area contributed by atoms with E-state index in [9.17, 15) is 18.4 Å². The van der Waals surface area contributed by atoms with Crippen LogP contribution in [0.3, 0.4) is 0 Å². The number of halogens is 2. The molecule has 2 aromatic rings. The predicted molar refractivity (Wildman–Crippen MR) is 104 cm³/mol. The molecule has 0 radical (unpaired) electrons. The maximum atomic E-state index is 12.3. The Balaban J connectivity index is 1.78. The highest BCUT2D eigenvalue weighted by molar-refractivity contribution is 7.99. The van der Waals surface area contributed by atoms with Crippen molar-refractivity contribution in [2.24, 2.45) is 0 Å². The largest absolute Gasteiger partial charge is 0.497 e. The van der Waals surface area contributed by atoms with Gasteiger partial charge in [0.1, 0.15) is 5.75 Å². The molecule has 0 aliphatic heterocycles. The smallest absolute Gasteiger partial charge is 0.306 e. The quantitative estimate of drug-likeness (QED) is 0.488. The van der Waals surface area contributed by atoms with Crippen molar-refractivity contribution in [3.8, 4) is 5.75 Å². The third-order valence-corrected chi connectivity index (χ3v) is 4.52. The maximum Gasteiger partial charge on any atom is 0.306 e. The number of hydrogen-bond donors (Lipinski definition) is 1. The maximum absolute atomic E-state index is 12.3. The lowest BCUT2D eigenvalue weighted by atomic mass is 10.1. The van der Waals surface area contributed by atoms with Crippen LogP contribution in [0, 0.1) is 0 Å². The molecule has 0 saturated carbocycles. The number of carbonyl (C=O) groups is 2. The number of benzene rings is 2. The summed E-state index contributed by atoms with van der Waals surface area (Å²) in [6, 6.07) is 13.3. The Labute approximate surface area is 166 Å². The van der Waals surface area contributed by atoms with Gasteiger partial charge in [-0.3, -0.25) is 9.59 Å². The number of ether oxygens (including phenoxy) is 2. The minimum atomic E-state index is -2.50. The number of hydrogen-bond acceptors (Lipinski definition) is 5. The summed E-state index contributed by atoms with van der Waals surface area (Å²) in [5.41, 5.74) is 1.39. The van der Waals surface area contributed by atoms with Crippen LogP contribution in [0.5, 0.6) is 5.75 Å². The Morgan fingerprint density at radius 1 is 1.07 bits per heavy atom. The summed E-state index contributed by atoms with van der Waals surface area (Å²) >= 11 is 0.424. The first-order chi connectivity index (χ1) is 13.4. The molecule has 0 fully saturated rings. The molecule has 0 aliphatic carbocycles. The Kier molecular flexibility index (Phi) is 8.25. The first-order valence-electron chi connectivity index (χ1n) is 8.55. The van der Waals surface area contributed by atoms with Gasteiger partial charge in [0.15, 0.2) is 6.10 Å². The molecule has 2 rings (SSSR count). The van der Waals surface area contributed by atoms with Crippen molar-refractivity contribution in [2.45, 2.75) is 36.5 Å². The van der Waals surface area contributed by atoms with Gasteiger partial charge in [0, 0.05) is 17.0 Å². The van der Waals surface area contributed by atoms with Crippen molar-refractivity contribution in [2.75, 3.05) is 12.4 Å². The van der Waals surface area contributed by atoms with E-state index in [4.69, 9.17) is 9.47 Å². The lowest BCUT2D eigenvalue weighted by Gasteiger charge is -2.14. The molecule has 150 valence electrons. The molecule has 0 aromatic heterocycles. The molecule has 0 heterocycles. The van der Waals surface area contributed by atoms with E-state index in [-0.39, 0.29) is 6.42 Å². The SMILES string of the molecule is COc1ccc(CCC(=O)O[C@H](C)C(=O)Nc2ccc(SC(F)F)cc2)cc1. The molecule has 0 saturated heterocycles. The number of alkyl halides is 2. The van der Waals surface area contributed by atoms with Crippen molar-refractivity contribution in [1.82, 2.24) is 0 Å². The van der Waals surface area contributed by atoms with Crippen LogP contribution in [0.4, 0.5) is 14.5 Å². The standard InChI is InChI=1S/C20H21F2NO4S/c1-13(19(25)23-15-6-10-17(11-7-15)28-20(21)22)27-18(24)12-5-14-3-8-16(26-2)9-4-14/h3-4,6-11,13,20H,5,12H2,1-2H3,(H,23,25)/t13-/m1/s1. The minimum Gasteiger partial charge on any atom is -0.497 e. The van der Waals surface area contributed by atoms with Crippen LogP contribution in [-0.4, -0.2) is 30.8 Å². The van der Waals surface area contributed by atoms with Crippen LogP contribution < -0.4 is 10.1 Å². The minimum absolute atomic E-state index is 0.142. The van der Waals surface area contributed by atoms with Gasteiger partial charge in [-0.05, 0) is 55.3 Å². The number of aryl methyl sites for hydroxylation is 1. The van der Waals surface area contributed by atoms with Crippen molar-refractivity contribution >= 4 is 29.3 Å². The number of anilines is 1. The normalized spacial score (nSPS) is 11.8. The van der Waals surface area contributed by atoms with Crippen molar-refractivity contribution in [1.29, 1.82) is 0 Å². The topological polar surface area (TPSA) is 64.6 Å². The van der Waals surface area contributed by atoms with Gasteiger partial charge < -0.3 is 14.8 Å². The van der Waals surface area contributed by atoms with Crippen molar-refractivity contribution in [3.05, 3.63) is 54.1 Å². The molecule has 1 atom stereocenters. The van der Waals surface area contributed by atoms with Crippen LogP contribution in [-0.2, 0) is 20.7 Å². The average Bonchev–Trinajstić information content (AvgIpc) is 2.67. The molecule has 28 heavy (non-hydrogen) atoms. The number of nitrogens with one attached hydrogen (secondary N) is 1. The highest BCUT2D eigenvalue weighted by Crippen LogP contribution is 2.26. The van der Waals surface area contributed by atoms with Gasteiger partial charge in [0.2, 0.25) is 0 Å². The number of thioether (sulfide) groups is 1. The molecular weight excluding hydrogens is 388 g/mol. The highest BCUT2D eigenvalue weighted by atomic mass is 32.2. The summed E-state index contributed by atoms with van der Waals surface area (Å²) in [7, 11) is 1.58. The van der Waals surface area contributed by atoms with E-state index in [0.29, 0.717) is 28.8 Å². The van der Waals surface area contributed by atoms with E-state index in [0.717, 1.165) is 11.3 Å². The third-order valence-electron chi connectivity index (χ3n) is 3.80. The number of carbonyl (C=O) groups excluding carboxylic acids is 2. The summed E-state index contributed by atoms with van der Waals surface area (Å²) in [6.45, 7) is 1.47. The Morgan fingerprint density at radius 2 is 1.71 bits per heavy atom. The van der Waals surface area contributed by atoms with Gasteiger partial charge >= 0.3 is 5.97 Å². The van der Waals surface area contributed by atoms with E-state index in [1.165, 1.54) is 31.2 Å². The second kappa shape index (κ2) is 10.7. The average molecular weight is 409 g/mol. The van der Waals surface area contributed by atoms with Gasteiger partial charge in [-0.25, -0.2) is 0 Å². The van der Waals surface area contributed by atoms with Crippen molar-refractivity contribution in [3.63, 3.8) is 0 Å². The zero-order valence-corrected chi connectivity index (χ0v) is 16.3. The van der Waals surface area contributed by atoms with E-state index in [1.54, 1.807) is 7.11 Å². The number of amides is 1. The van der Waals surface area contributed by atoms with Crippen LogP contribution in [0.15, 0.2) is 53.4 Å². The molecule has 5 nitrogen and oxygen atoms in total. The van der Waals surface area contributed by atoms with Crippen LogP contribution in [0.25, 0.3) is 0 Å². The number of rotatable bonds is 9. The molecule has 0 unspecified atom stereocenters.